The van der Waals surface area contributed by atoms with Crippen LogP contribution in [0.5, 0.6) is 5.75 Å². The molecule has 2 saturated heterocycles. The summed E-state index contributed by atoms with van der Waals surface area (Å²) in [7, 11) is -0.833. The van der Waals surface area contributed by atoms with Gasteiger partial charge in [0, 0.05) is 70.7 Å². The zero-order valence-electron chi connectivity index (χ0n) is 32.9. The Kier molecular flexibility index (Phi) is 10.7. The fraction of sp³-hybridized carbons (Fsp3) is 0.395. The van der Waals surface area contributed by atoms with E-state index >= 15 is 4.39 Å². The first-order valence-electron chi connectivity index (χ1n) is 19.2. The van der Waals surface area contributed by atoms with Gasteiger partial charge in [-0.15, -0.1) is 5.10 Å². The van der Waals surface area contributed by atoms with Crippen LogP contribution in [0.15, 0.2) is 64.8 Å². The number of anilines is 3. The fourth-order valence-electron chi connectivity index (χ4n) is 7.52. The number of amides is 2. The molecular formula is C38H44FN13O6S. The predicted octanol–water partition coefficient (Wildman–Crippen LogP) is 2.65. The number of halogens is 1. The molecule has 0 bridgehead atoms. The maximum atomic E-state index is 15.4. The quantitative estimate of drug-likeness (QED) is 0.143. The van der Waals surface area contributed by atoms with Gasteiger partial charge >= 0.3 is 5.69 Å². The molecule has 2 fully saturated rings. The largest absolute Gasteiger partial charge is 0.485 e. The maximum absolute atomic E-state index is 15.4. The molecule has 0 radical (unpaired) electrons. The smallest absolute Gasteiger partial charge is 0.329 e. The number of aromatic nitrogens is 8. The van der Waals surface area contributed by atoms with Crippen molar-refractivity contribution in [2.75, 3.05) is 56.5 Å². The number of aryl methyl sites for hydroxylation is 1. The number of sulfonamides is 1. The van der Waals surface area contributed by atoms with Crippen LogP contribution in [0.4, 0.5) is 21.7 Å². The molecule has 0 spiro atoms. The van der Waals surface area contributed by atoms with Gasteiger partial charge in [-0.05, 0) is 69.6 Å². The minimum Gasteiger partial charge on any atom is -0.485 e. The summed E-state index contributed by atoms with van der Waals surface area (Å²) >= 11 is 0. The van der Waals surface area contributed by atoms with Crippen LogP contribution in [-0.2, 0) is 26.7 Å². The van der Waals surface area contributed by atoms with E-state index in [0.29, 0.717) is 46.7 Å². The van der Waals surface area contributed by atoms with Crippen LogP contribution in [0.1, 0.15) is 39.2 Å². The summed E-state index contributed by atoms with van der Waals surface area (Å²) in [5.41, 5.74) is 3.51. The molecule has 1 unspecified atom stereocenters. The topological polar surface area (TPSA) is 210 Å². The normalized spacial score (nSPS) is 16.8. The van der Waals surface area contributed by atoms with Crippen LogP contribution in [-0.4, -0.2) is 121 Å². The number of aromatic amines is 1. The summed E-state index contributed by atoms with van der Waals surface area (Å²) in [6, 6.07) is 8.66. The molecule has 8 rings (SSSR count). The van der Waals surface area contributed by atoms with E-state index in [1.54, 1.807) is 19.4 Å². The number of carbonyl (C=O) groups excluding carboxylic acids is 2. The molecule has 1 atom stereocenters. The lowest BCUT2D eigenvalue weighted by molar-refractivity contribution is -0.135. The Bertz CT molecular complexity index is 2720. The summed E-state index contributed by atoms with van der Waals surface area (Å²) in [4.78, 5) is 50.7. The van der Waals surface area contributed by atoms with Gasteiger partial charge in [0.1, 0.15) is 23.9 Å². The van der Waals surface area contributed by atoms with Crippen molar-refractivity contribution < 1.29 is 27.1 Å². The Balaban J connectivity index is 0.859. The van der Waals surface area contributed by atoms with Crippen molar-refractivity contribution in [3.63, 3.8) is 0 Å². The number of fused-ring (bicyclic) bond motifs is 2. The number of carbonyl (C=O) groups is 2. The molecule has 4 aromatic heterocycles. The van der Waals surface area contributed by atoms with Gasteiger partial charge in [0.25, 0.3) is 0 Å². The number of nitrogens with zero attached hydrogens (tertiary/aromatic N) is 10. The van der Waals surface area contributed by atoms with E-state index < -0.39 is 27.8 Å². The lowest BCUT2D eigenvalue weighted by Crippen LogP contribution is -2.47. The van der Waals surface area contributed by atoms with E-state index in [9.17, 15) is 22.8 Å². The first-order chi connectivity index (χ1) is 28.3. The summed E-state index contributed by atoms with van der Waals surface area (Å²) < 4.78 is 54.1. The molecule has 0 aliphatic carbocycles. The van der Waals surface area contributed by atoms with Crippen molar-refractivity contribution in [2.45, 2.75) is 50.2 Å². The highest BCUT2D eigenvalue weighted by Crippen LogP contribution is 2.33. The number of ether oxygens (including phenoxy) is 1. The molecule has 21 heteroatoms. The van der Waals surface area contributed by atoms with Gasteiger partial charge in [0.05, 0.1) is 33.9 Å². The fourth-order valence-corrected chi connectivity index (χ4v) is 8.74. The highest BCUT2D eigenvalue weighted by atomic mass is 32.2. The number of hydrogen-bond acceptors (Lipinski definition) is 13. The number of piperidine rings is 1. The van der Waals surface area contributed by atoms with Crippen LogP contribution in [0, 0.1) is 5.82 Å². The number of rotatable bonds is 13. The monoisotopic (exact) mass is 829 g/mol. The standard InChI is InChI=1S/C38H44FN13O6S/c1-23(2)58-34-33(24-20-41-42-21-24)40-22-51-35(34)45-37(46-51)43-28-8-7-26(19-27(28)39)59(56,57)47(3)12-5-13-49-14-16-50(17-15-49)25-6-9-29-31(18-25)48(4)38(55)52(29)30-10-11-32(53)44-36(30)54/h6-9,18-23,30H,5,10-17H2,1-4H3,(H,41,42)(H,43,46)(H,44,53,54). The van der Waals surface area contributed by atoms with E-state index in [1.807, 2.05) is 32.0 Å². The number of benzene rings is 2. The molecule has 2 aliphatic rings. The molecule has 6 heterocycles. The van der Waals surface area contributed by atoms with Crippen LogP contribution in [0.3, 0.4) is 0 Å². The number of hydrogen-bond donors (Lipinski definition) is 3. The minimum atomic E-state index is -3.99. The van der Waals surface area contributed by atoms with Crippen molar-refractivity contribution in [1.82, 2.24) is 53.4 Å². The third-order valence-electron chi connectivity index (χ3n) is 10.6. The summed E-state index contributed by atoms with van der Waals surface area (Å²) in [5, 5.41) is 16.3. The van der Waals surface area contributed by atoms with Crippen molar-refractivity contribution in [3.05, 3.63) is 71.4 Å². The summed E-state index contributed by atoms with van der Waals surface area (Å²) in [6.45, 7) is 7.59. The molecule has 59 heavy (non-hydrogen) atoms. The van der Waals surface area contributed by atoms with Gasteiger partial charge in [-0.25, -0.2) is 26.9 Å². The number of imide groups is 1. The molecule has 3 N–H and O–H groups in total. The first-order valence-corrected chi connectivity index (χ1v) is 20.7. The summed E-state index contributed by atoms with van der Waals surface area (Å²) in [5.74, 6) is -1.16. The van der Waals surface area contributed by atoms with Crippen LogP contribution in [0.2, 0.25) is 0 Å². The van der Waals surface area contributed by atoms with E-state index in [2.05, 4.69) is 45.7 Å². The van der Waals surface area contributed by atoms with E-state index in [0.717, 1.165) is 37.9 Å². The zero-order chi connectivity index (χ0) is 41.6. The molecule has 0 saturated carbocycles. The SMILES string of the molecule is CC(C)Oc1c(-c2cn[nH]c2)ncn2nc(Nc3ccc(S(=O)(=O)N(C)CCCN4CCN(c5ccc6c(c5)n(C)c(=O)n6C5CCC(=O)NC5=O)CC4)cc3F)nc12. The van der Waals surface area contributed by atoms with E-state index in [-0.39, 0.29) is 53.6 Å². The van der Waals surface area contributed by atoms with Crippen molar-refractivity contribution in [3.8, 4) is 17.0 Å². The van der Waals surface area contributed by atoms with Gasteiger partial charge in [-0.3, -0.25) is 34.0 Å². The van der Waals surface area contributed by atoms with Gasteiger partial charge in [0.15, 0.2) is 5.75 Å². The lowest BCUT2D eigenvalue weighted by atomic mass is 10.1. The zero-order valence-corrected chi connectivity index (χ0v) is 33.7. The Morgan fingerprint density at radius 2 is 1.86 bits per heavy atom. The average molecular weight is 830 g/mol. The van der Waals surface area contributed by atoms with Crippen LogP contribution >= 0.6 is 0 Å². The number of H-pyrrole nitrogens is 1. The van der Waals surface area contributed by atoms with Gasteiger partial charge in [-0.1, -0.05) is 0 Å². The van der Waals surface area contributed by atoms with Crippen LogP contribution < -0.4 is 26.0 Å². The van der Waals surface area contributed by atoms with Crippen molar-refractivity contribution >= 4 is 55.8 Å². The second kappa shape index (κ2) is 15.9. The lowest BCUT2D eigenvalue weighted by Gasteiger charge is -2.36. The predicted molar refractivity (Wildman–Crippen MR) is 215 cm³/mol. The highest BCUT2D eigenvalue weighted by molar-refractivity contribution is 7.89. The molecule has 19 nitrogen and oxygen atoms in total. The second-order valence-corrected chi connectivity index (χ2v) is 17.0. The number of piperazine rings is 1. The van der Waals surface area contributed by atoms with Gasteiger partial charge < -0.3 is 15.0 Å². The van der Waals surface area contributed by atoms with E-state index in [4.69, 9.17) is 4.74 Å². The number of nitrogens with one attached hydrogen (secondary N) is 3. The molecule has 2 aliphatic heterocycles. The highest BCUT2D eigenvalue weighted by Gasteiger charge is 2.32. The first kappa shape index (κ1) is 39.6. The molecule has 6 aromatic rings. The van der Waals surface area contributed by atoms with Crippen LogP contribution in [0.25, 0.3) is 27.9 Å². The molecular weight excluding hydrogens is 786 g/mol. The third kappa shape index (κ3) is 7.75. The summed E-state index contributed by atoms with van der Waals surface area (Å²) in [6.07, 6.45) is 5.57. The third-order valence-corrected chi connectivity index (χ3v) is 12.5. The van der Waals surface area contributed by atoms with Crippen molar-refractivity contribution in [2.24, 2.45) is 7.05 Å². The molecule has 2 aromatic carbocycles. The van der Waals surface area contributed by atoms with E-state index in [1.165, 1.54) is 43.5 Å². The second-order valence-electron chi connectivity index (χ2n) is 14.9. The molecule has 2 amide bonds. The maximum Gasteiger partial charge on any atom is 0.329 e. The Labute approximate surface area is 337 Å². The van der Waals surface area contributed by atoms with Gasteiger partial charge in [0.2, 0.25) is 33.4 Å². The molecule has 310 valence electrons. The average Bonchev–Trinajstić information content (AvgIpc) is 3.95. The Hall–Kier alpha value is -6.19. The van der Waals surface area contributed by atoms with Crippen molar-refractivity contribution in [1.29, 1.82) is 0 Å². The minimum absolute atomic E-state index is 0.00871. The number of imidazole rings is 1. The Morgan fingerprint density at radius 1 is 1.07 bits per heavy atom. The Morgan fingerprint density at radius 3 is 2.58 bits per heavy atom. The van der Waals surface area contributed by atoms with Gasteiger partial charge in [-0.2, -0.15) is 14.6 Å².